The fraction of sp³-hybridized carbons (Fsp3) is 0.667. The summed E-state index contributed by atoms with van der Waals surface area (Å²) in [6.07, 6.45) is -6.02. The highest BCUT2D eigenvalue weighted by Crippen LogP contribution is 2.38. The predicted octanol–water partition coefficient (Wildman–Crippen LogP) is -0.388. The lowest BCUT2D eigenvalue weighted by molar-refractivity contribution is -0.222. The first-order chi connectivity index (χ1) is 20.3. The Bertz CT molecular complexity index is 1100. The number of hydrogen-bond acceptors (Lipinski definition) is 12. The van der Waals surface area contributed by atoms with E-state index in [0.29, 0.717) is 0 Å². The van der Waals surface area contributed by atoms with Gasteiger partial charge in [0.1, 0.15) is 0 Å². The summed E-state index contributed by atoms with van der Waals surface area (Å²) in [6.45, 7) is 4.59. The maximum Gasteiger partial charge on any atom is 0.303 e. The fourth-order valence-corrected chi connectivity index (χ4v) is 5.96. The lowest BCUT2D eigenvalue weighted by atomic mass is 9.75. The minimum Gasteiger partial charge on any atom is -0.465 e. The summed E-state index contributed by atoms with van der Waals surface area (Å²) in [4.78, 5) is 49.7. The minimum absolute atomic E-state index is 0.0538. The third kappa shape index (κ3) is 9.19. The van der Waals surface area contributed by atoms with Gasteiger partial charge in [-0.25, -0.2) is 0 Å². The van der Waals surface area contributed by atoms with Crippen molar-refractivity contribution in [2.45, 2.75) is 95.7 Å². The zero-order valence-electron chi connectivity index (χ0n) is 25.0. The third-order valence-corrected chi connectivity index (χ3v) is 8.23. The van der Waals surface area contributed by atoms with Crippen molar-refractivity contribution in [2.24, 2.45) is 23.5 Å². The van der Waals surface area contributed by atoms with Gasteiger partial charge in [0, 0.05) is 44.9 Å². The molecule has 0 aliphatic heterocycles. The molecule has 1 amide bonds. The van der Waals surface area contributed by atoms with Gasteiger partial charge in [-0.15, -0.1) is 0 Å². The summed E-state index contributed by atoms with van der Waals surface area (Å²) in [7, 11) is 0. The van der Waals surface area contributed by atoms with Crippen LogP contribution in [0.25, 0.3) is 0 Å². The quantitative estimate of drug-likeness (QED) is 0.161. The summed E-state index contributed by atoms with van der Waals surface area (Å²) in [5, 5.41) is 34.1. The number of amides is 1. The van der Waals surface area contributed by atoms with Gasteiger partial charge in [0.25, 0.3) is 0 Å². The minimum atomic E-state index is -1.28. The van der Waals surface area contributed by atoms with Crippen LogP contribution < -0.4 is 11.1 Å². The zero-order valence-corrected chi connectivity index (χ0v) is 25.0. The molecule has 13 nitrogen and oxygen atoms in total. The molecule has 0 saturated heterocycles. The van der Waals surface area contributed by atoms with Gasteiger partial charge in [0.2, 0.25) is 5.91 Å². The van der Waals surface area contributed by atoms with E-state index in [1.807, 2.05) is 30.3 Å². The number of rotatable bonds is 11. The topological polar surface area (TPSA) is 204 Å². The highest BCUT2D eigenvalue weighted by molar-refractivity contribution is 5.82. The normalized spacial score (nSPS) is 33.1. The molecule has 2 fully saturated rings. The molecule has 0 radical (unpaired) electrons. The molecular formula is C30H44N2O11. The van der Waals surface area contributed by atoms with Crippen LogP contribution in [-0.4, -0.2) is 101 Å². The molecule has 6 N–H and O–H groups in total. The molecule has 0 spiro atoms. The van der Waals surface area contributed by atoms with Gasteiger partial charge >= 0.3 is 17.9 Å². The molecule has 2 unspecified atom stereocenters. The van der Waals surface area contributed by atoms with Gasteiger partial charge in [-0.3, -0.25) is 19.2 Å². The Morgan fingerprint density at radius 2 is 1.58 bits per heavy atom. The number of esters is 3. The lowest BCUT2D eigenvalue weighted by Crippen LogP contribution is -2.65. The molecule has 0 aromatic heterocycles. The summed E-state index contributed by atoms with van der Waals surface area (Å²) >= 11 is 0. The van der Waals surface area contributed by atoms with E-state index < -0.39 is 96.9 Å². The molecule has 0 heterocycles. The van der Waals surface area contributed by atoms with Crippen molar-refractivity contribution in [2.75, 3.05) is 13.2 Å². The molecule has 13 heteroatoms. The average Bonchev–Trinajstić information content (AvgIpc) is 2.94. The van der Waals surface area contributed by atoms with E-state index in [1.54, 1.807) is 6.92 Å². The summed E-state index contributed by atoms with van der Waals surface area (Å²) in [6, 6.07) is 7.17. The molecule has 1 aromatic rings. The highest BCUT2D eigenvalue weighted by atomic mass is 16.6. The van der Waals surface area contributed by atoms with Crippen molar-refractivity contribution in [3.8, 4) is 0 Å². The molecule has 2 aliphatic carbocycles. The van der Waals surface area contributed by atoms with Crippen LogP contribution in [0.3, 0.4) is 0 Å². The average molecular weight is 609 g/mol. The van der Waals surface area contributed by atoms with Crippen molar-refractivity contribution in [3.63, 3.8) is 0 Å². The fourth-order valence-electron chi connectivity index (χ4n) is 5.96. The first-order valence-electron chi connectivity index (χ1n) is 14.5. The second-order valence-electron chi connectivity index (χ2n) is 11.5. The Hall–Kier alpha value is -3.10. The standard InChI is InChI=1S/C30H44N2O11/c1-15-23(37)12-24(21(13-33)27(15)38)43-25-11-20(14-40-16(2)34)26(29(42-18(4)36)28(25)41-17(3)35)32-30(39)22(31)10-19-8-6-5-7-9-19/h5-9,15,20-29,33,37-38H,10-14,31H2,1-4H3,(H,32,39)/t15-,20+,21+,22+,23-,24?,25?,26-,27-,28+,29-/m0/s1. The predicted molar refractivity (Wildman–Crippen MR) is 151 cm³/mol. The van der Waals surface area contributed by atoms with Crippen molar-refractivity contribution in [3.05, 3.63) is 35.9 Å². The number of carbonyl (C=O) groups excluding carboxylic acids is 4. The number of nitrogens with one attached hydrogen (secondary N) is 1. The van der Waals surface area contributed by atoms with E-state index in [-0.39, 0.29) is 25.9 Å². The Kier molecular flexibility index (Phi) is 12.5. The van der Waals surface area contributed by atoms with Gasteiger partial charge in [0.05, 0.1) is 49.7 Å². The maximum atomic E-state index is 13.3. The Morgan fingerprint density at radius 1 is 0.953 bits per heavy atom. The molecule has 11 atom stereocenters. The molecule has 2 aliphatic rings. The highest BCUT2D eigenvalue weighted by Gasteiger charge is 2.52. The number of ether oxygens (including phenoxy) is 4. The first kappa shape index (κ1) is 34.4. The summed E-state index contributed by atoms with van der Waals surface area (Å²) < 4.78 is 22.9. The second kappa shape index (κ2) is 15.6. The molecule has 2 saturated carbocycles. The number of carbonyl (C=O) groups is 4. The van der Waals surface area contributed by atoms with E-state index in [0.717, 1.165) is 12.5 Å². The van der Waals surface area contributed by atoms with Crippen LogP contribution in [0.5, 0.6) is 0 Å². The van der Waals surface area contributed by atoms with Crippen LogP contribution in [0.1, 0.15) is 46.1 Å². The first-order valence-corrected chi connectivity index (χ1v) is 14.5. The molecule has 3 rings (SSSR count). The third-order valence-electron chi connectivity index (χ3n) is 8.23. The van der Waals surface area contributed by atoms with Crippen LogP contribution in [-0.2, 0) is 44.5 Å². The van der Waals surface area contributed by atoms with E-state index >= 15 is 0 Å². The van der Waals surface area contributed by atoms with Crippen LogP contribution in [0.15, 0.2) is 30.3 Å². The smallest absolute Gasteiger partial charge is 0.303 e. The summed E-state index contributed by atoms with van der Waals surface area (Å²) in [5.74, 6) is -4.55. The van der Waals surface area contributed by atoms with Crippen molar-refractivity contribution in [1.82, 2.24) is 5.32 Å². The van der Waals surface area contributed by atoms with Gasteiger partial charge < -0.3 is 45.3 Å². The van der Waals surface area contributed by atoms with E-state index in [4.69, 9.17) is 24.7 Å². The summed E-state index contributed by atoms with van der Waals surface area (Å²) in [5.41, 5.74) is 7.06. The SMILES string of the molecule is CC(=O)OC[C@H]1CC(OC2C[C@H](O)[C@H](C)[C@H](O)[C@@H]2CO)[C@@H](OC(C)=O)[C@@H](OC(C)=O)[C@H]1NC(=O)[C@H](N)Cc1ccccc1. The second-order valence-corrected chi connectivity index (χ2v) is 11.5. The Labute approximate surface area is 251 Å². The van der Waals surface area contributed by atoms with Crippen molar-refractivity contribution >= 4 is 23.8 Å². The number of hydrogen-bond donors (Lipinski definition) is 5. The number of aliphatic hydroxyl groups is 3. The van der Waals surface area contributed by atoms with E-state index in [9.17, 15) is 34.5 Å². The number of aliphatic hydroxyl groups excluding tert-OH is 3. The number of nitrogens with two attached hydrogens (primary N) is 1. The Morgan fingerprint density at radius 3 is 2.16 bits per heavy atom. The monoisotopic (exact) mass is 608 g/mol. The molecule has 43 heavy (non-hydrogen) atoms. The van der Waals surface area contributed by atoms with Gasteiger partial charge in [-0.1, -0.05) is 37.3 Å². The molecular weight excluding hydrogens is 564 g/mol. The van der Waals surface area contributed by atoms with Gasteiger partial charge in [-0.05, 0) is 18.4 Å². The van der Waals surface area contributed by atoms with E-state index in [2.05, 4.69) is 5.32 Å². The van der Waals surface area contributed by atoms with Gasteiger partial charge in [0.15, 0.2) is 12.2 Å². The van der Waals surface area contributed by atoms with Crippen LogP contribution in [0.4, 0.5) is 0 Å². The van der Waals surface area contributed by atoms with Crippen LogP contribution in [0.2, 0.25) is 0 Å². The van der Waals surface area contributed by atoms with Crippen LogP contribution >= 0.6 is 0 Å². The molecule has 0 bridgehead atoms. The zero-order chi connectivity index (χ0) is 31.8. The molecule has 1 aromatic carbocycles. The lowest BCUT2D eigenvalue weighted by Gasteiger charge is -2.48. The largest absolute Gasteiger partial charge is 0.465 e. The van der Waals surface area contributed by atoms with Crippen molar-refractivity contribution < 1.29 is 53.4 Å². The van der Waals surface area contributed by atoms with Gasteiger partial charge in [-0.2, -0.15) is 0 Å². The Balaban J connectivity index is 1.95. The van der Waals surface area contributed by atoms with E-state index in [1.165, 1.54) is 13.8 Å². The van der Waals surface area contributed by atoms with Crippen molar-refractivity contribution in [1.29, 1.82) is 0 Å². The molecule has 240 valence electrons. The number of benzene rings is 1. The maximum absolute atomic E-state index is 13.3. The van der Waals surface area contributed by atoms with Crippen LogP contribution in [0, 0.1) is 17.8 Å².